The molecule has 1 aromatic carbocycles. The van der Waals surface area contributed by atoms with Gasteiger partial charge in [0.15, 0.2) is 0 Å². The molecule has 0 saturated heterocycles. The fourth-order valence-corrected chi connectivity index (χ4v) is 1.35. The molecule has 0 bridgehead atoms. The van der Waals surface area contributed by atoms with Gasteiger partial charge < -0.3 is 15.5 Å². The number of hydrogen-bond donors (Lipinski definition) is 4. The lowest BCUT2D eigenvalue weighted by molar-refractivity contribution is 0.426. The summed E-state index contributed by atoms with van der Waals surface area (Å²) in [5.74, 6) is 5.30. The molecule has 0 atom stereocenters. The van der Waals surface area contributed by atoms with Gasteiger partial charge in [0, 0.05) is 5.39 Å². The second kappa shape index (κ2) is 3.81. The van der Waals surface area contributed by atoms with Crippen molar-refractivity contribution in [3.8, 4) is 0 Å². The highest BCUT2D eigenvalue weighted by Gasteiger charge is 2.12. The van der Waals surface area contributed by atoms with Crippen LogP contribution in [0.4, 0.5) is 5.69 Å². The molecule has 1 aromatic heterocycles. The SMILES string of the molecule is NNc1cnnc2ccc(B(O)O)cc12. The highest BCUT2D eigenvalue weighted by molar-refractivity contribution is 6.59. The number of benzene rings is 1. The molecule has 0 unspecified atom stereocenters. The lowest BCUT2D eigenvalue weighted by Gasteiger charge is -2.05. The maximum Gasteiger partial charge on any atom is 0.488 e. The van der Waals surface area contributed by atoms with Crippen molar-refractivity contribution < 1.29 is 10.0 Å². The van der Waals surface area contributed by atoms with Gasteiger partial charge in [-0.05, 0) is 11.5 Å². The van der Waals surface area contributed by atoms with Crippen LogP contribution < -0.4 is 16.7 Å². The molecule has 7 heteroatoms. The number of nitrogens with two attached hydrogens (primary N) is 1. The summed E-state index contributed by atoms with van der Waals surface area (Å²) in [4.78, 5) is 0. The van der Waals surface area contributed by atoms with Crippen LogP contribution in [0.1, 0.15) is 0 Å². The second-order valence-corrected chi connectivity index (χ2v) is 3.05. The van der Waals surface area contributed by atoms with Gasteiger partial charge in [-0.25, -0.2) is 0 Å². The Bertz CT molecular complexity index is 491. The molecule has 0 aliphatic heterocycles. The molecule has 2 rings (SSSR count). The summed E-state index contributed by atoms with van der Waals surface area (Å²) in [6.07, 6.45) is 1.47. The van der Waals surface area contributed by atoms with E-state index in [0.717, 1.165) is 0 Å². The molecule has 15 heavy (non-hydrogen) atoms. The first kappa shape index (κ1) is 9.84. The van der Waals surface area contributed by atoms with Gasteiger partial charge in [-0.2, -0.15) is 10.2 Å². The molecule has 0 saturated carbocycles. The maximum absolute atomic E-state index is 9.01. The topological polar surface area (TPSA) is 104 Å². The van der Waals surface area contributed by atoms with Crippen LogP contribution in [-0.4, -0.2) is 27.4 Å². The van der Waals surface area contributed by atoms with Crippen LogP contribution in [-0.2, 0) is 0 Å². The highest BCUT2D eigenvalue weighted by Crippen LogP contribution is 2.17. The Balaban J connectivity index is 2.67. The average Bonchev–Trinajstić information content (AvgIpc) is 2.27. The molecule has 2 aromatic rings. The zero-order valence-corrected chi connectivity index (χ0v) is 7.75. The number of hydrazine groups is 1. The zero-order valence-electron chi connectivity index (χ0n) is 7.75. The molecule has 76 valence electrons. The summed E-state index contributed by atoms with van der Waals surface area (Å²) in [7, 11) is -1.51. The summed E-state index contributed by atoms with van der Waals surface area (Å²) in [5, 5.41) is 26.3. The molecule has 6 nitrogen and oxygen atoms in total. The predicted molar refractivity (Wildman–Crippen MR) is 57.2 cm³/mol. The van der Waals surface area contributed by atoms with Crippen molar-refractivity contribution in [2.45, 2.75) is 0 Å². The van der Waals surface area contributed by atoms with Crippen LogP contribution in [0.15, 0.2) is 24.4 Å². The highest BCUT2D eigenvalue weighted by atomic mass is 16.4. The van der Waals surface area contributed by atoms with Crippen molar-refractivity contribution in [2.24, 2.45) is 5.84 Å². The van der Waals surface area contributed by atoms with Crippen LogP contribution in [0, 0.1) is 0 Å². The Morgan fingerprint density at radius 3 is 2.80 bits per heavy atom. The lowest BCUT2D eigenvalue weighted by atomic mass is 9.80. The number of nitrogens with one attached hydrogen (secondary N) is 1. The van der Waals surface area contributed by atoms with Crippen LogP contribution in [0.2, 0.25) is 0 Å². The monoisotopic (exact) mass is 204 g/mol. The fourth-order valence-electron chi connectivity index (χ4n) is 1.35. The molecule has 0 fully saturated rings. The normalized spacial score (nSPS) is 10.3. The minimum absolute atomic E-state index is 0.381. The van der Waals surface area contributed by atoms with Crippen molar-refractivity contribution in [3.63, 3.8) is 0 Å². The molecule has 0 amide bonds. The Morgan fingerprint density at radius 2 is 2.13 bits per heavy atom. The van der Waals surface area contributed by atoms with Gasteiger partial charge in [0.1, 0.15) is 0 Å². The second-order valence-electron chi connectivity index (χ2n) is 3.05. The fraction of sp³-hybridized carbons (Fsp3) is 0. The lowest BCUT2D eigenvalue weighted by Crippen LogP contribution is -2.29. The van der Waals surface area contributed by atoms with E-state index in [2.05, 4.69) is 15.6 Å². The van der Waals surface area contributed by atoms with Crippen molar-refractivity contribution in [1.29, 1.82) is 0 Å². The molecule has 0 spiro atoms. The molecular weight excluding hydrogens is 195 g/mol. The Morgan fingerprint density at radius 1 is 1.33 bits per heavy atom. The van der Waals surface area contributed by atoms with Crippen LogP contribution >= 0.6 is 0 Å². The number of nitrogen functional groups attached to an aromatic ring is 1. The van der Waals surface area contributed by atoms with Gasteiger partial charge in [0.2, 0.25) is 0 Å². The van der Waals surface area contributed by atoms with E-state index in [1.54, 1.807) is 18.2 Å². The molecule has 0 radical (unpaired) electrons. The minimum Gasteiger partial charge on any atom is -0.423 e. The molecule has 0 aliphatic carbocycles. The average molecular weight is 204 g/mol. The summed E-state index contributed by atoms with van der Waals surface area (Å²) >= 11 is 0. The van der Waals surface area contributed by atoms with Crippen molar-refractivity contribution in [3.05, 3.63) is 24.4 Å². The van der Waals surface area contributed by atoms with E-state index in [9.17, 15) is 0 Å². The quantitative estimate of drug-likeness (QED) is 0.272. The van der Waals surface area contributed by atoms with Crippen molar-refractivity contribution >= 4 is 29.2 Å². The first-order valence-corrected chi connectivity index (χ1v) is 4.30. The Kier molecular flexibility index (Phi) is 2.50. The van der Waals surface area contributed by atoms with E-state index in [4.69, 9.17) is 15.9 Å². The summed E-state index contributed by atoms with van der Waals surface area (Å²) in [6, 6.07) is 4.82. The van der Waals surface area contributed by atoms with Gasteiger partial charge in [-0.1, -0.05) is 12.1 Å². The molecule has 5 N–H and O–H groups in total. The Labute approximate surface area is 85.9 Å². The maximum atomic E-state index is 9.01. The largest absolute Gasteiger partial charge is 0.488 e. The smallest absolute Gasteiger partial charge is 0.423 e. The Hall–Kier alpha value is -1.70. The van der Waals surface area contributed by atoms with E-state index >= 15 is 0 Å². The zero-order chi connectivity index (χ0) is 10.8. The standard InChI is InChI=1S/C8H9BN4O2/c10-12-8-4-11-13-7-2-1-5(9(14)15)3-6(7)8/h1-4,14-15H,10H2,(H,12,13). The number of fused-ring (bicyclic) bond motifs is 1. The third kappa shape index (κ3) is 1.75. The van der Waals surface area contributed by atoms with E-state index in [0.29, 0.717) is 22.1 Å². The number of nitrogens with zero attached hydrogens (tertiary/aromatic N) is 2. The van der Waals surface area contributed by atoms with Crippen molar-refractivity contribution in [1.82, 2.24) is 10.2 Å². The van der Waals surface area contributed by atoms with Crippen LogP contribution in [0.3, 0.4) is 0 Å². The van der Waals surface area contributed by atoms with Crippen LogP contribution in [0.25, 0.3) is 10.9 Å². The number of anilines is 1. The van der Waals surface area contributed by atoms with E-state index in [1.165, 1.54) is 6.20 Å². The van der Waals surface area contributed by atoms with Gasteiger partial charge in [0.05, 0.1) is 17.4 Å². The van der Waals surface area contributed by atoms with Crippen LogP contribution in [0.5, 0.6) is 0 Å². The van der Waals surface area contributed by atoms with Gasteiger partial charge in [0.25, 0.3) is 0 Å². The van der Waals surface area contributed by atoms with E-state index < -0.39 is 7.12 Å². The molecule has 0 aliphatic rings. The van der Waals surface area contributed by atoms with Gasteiger partial charge in [-0.15, -0.1) is 0 Å². The van der Waals surface area contributed by atoms with E-state index in [1.807, 2.05) is 0 Å². The summed E-state index contributed by atoms with van der Waals surface area (Å²) in [5.41, 5.74) is 4.07. The summed E-state index contributed by atoms with van der Waals surface area (Å²) < 4.78 is 0. The predicted octanol–water partition coefficient (Wildman–Crippen LogP) is -1.40. The first-order valence-electron chi connectivity index (χ1n) is 4.30. The number of aromatic nitrogens is 2. The van der Waals surface area contributed by atoms with Gasteiger partial charge in [-0.3, -0.25) is 5.84 Å². The third-order valence-corrected chi connectivity index (χ3v) is 2.12. The number of hydrogen-bond acceptors (Lipinski definition) is 6. The minimum atomic E-state index is -1.51. The molecule has 1 heterocycles. The van der Waals surface area contributed by atoms with Crippen molar-refractivity contribution in [2.75, 3.05) is 5.43 Å². The molecular formula is C8H9BN4O2. The van der Waals surface area contributed by atoms with E-state index in [-0.39, 0.29) is 0 Å². The number of rotatable bonds is 2. The third-order valence-electron chi connectivity index (χ3n) is 2.12. The van der Waals surface area contributed by atoms with Gasteiger partial charge >= 0.3 is 7.12 Å². The summed E-state index contributed by atoms with van der Waals surface area (Å²) in [6.45, 7) is 0. The first-order chi connectivity index (χ1) is 7.22.